The Balaban J connectivity index is 1.19. The number of benzene rings is 1. The number of furan rings is 1. The summed E-state index contributed by atoms with van der Waals surface area (Å²) in [6, 6.07) is 8.93. The summed E-state index contributed by atoms with van der Waals surface area (Å²) in [5.41, 5.74) is 3.68. The number of ether oxygens (including phenoxy) is 2. The molecule has 1 amide bonds. The Morgan fingerprint density at radius 3 is 2.90 bits per heavy atom. The summed E-state index contributed by atoms with van der Waals surface area (Å²) in [5, 5.41) is 0. The maximum Gasteiger partial charge on any atom is 0.302 e. The van der Waals surface area contributed by atoms with E-state index in [-0.39, 0.29) is 35.5 Å². The van der Waals surface area contributed by atoms with Gasteiger partial charge in [-0.15, -0.1) is 0 Å². The standard InChI is InChI=1S/C33H40N2O5/c1-20(2)17-35(30(37)10-7-22-11-14-38-19-22)26-9-8-25-27-15-23-5-4-6-28-31(23)33(25,32(26)40-28)12-13-34(27)18-24-16-29(24)39-21(3)36/h4-7,10-11,14,19-20,24-27,29,32H,8-9,12-13,15-18H2,1-3H3/t24?,25-,26-,27+,29?,32-,33-/m0/s1. The predicted octanol–water partition coefficient (Wildman–Crippen LogP) is 4.84. The molecule has 1 aromatic heterocycles. The molecule has 3 aliphatic carbocycles. The van der Waals surface area contributed by atoms with Crippen molar-refractivity contribution in [2.24, 2.45) is 17.8 Å². The van der Waals surface area contributed by atoms with Gasteiger partial charge < -0.3 is 18.8 Å². The fourth-order valence-electron chi connectivity index (χ4n) is 8.60. The average Bonchev–Trinajstić information content (AvgIpc) is 3.29. The third kappa shape index (κ3) is 4.20. The molecule has 7 atom stereocenters. The molecule has 0 radical (unpaired) electrons. The molecule has 2 bridgehead atoms. The molecule has 2 aromatic rings. The zero-order chi connectivity index (χ0) is 27.6. The van der Waals surface area contributed by atoms with Gasteiger partial charge in [-0.2, -0.15) is 0 Å². The van der Waals surface area contributed by atoms with Crippen molar-refractivity contribution in [3.05, 3.63) is 59.6 Å². The van der Waals surface area contributed by atoms with Crippen molar-refractivity contribution in [3.63, 3.8) is 0 Å². The second-order valence-electron chi connectivity index (χ2n) is 13.1. The van der Waals surface area contributed by atoms with E-state index in [1.165, 1.54) is 18.1 Å². The third-order valence-electron chi connectivity index (χ3n) is 10.2. The lowest BCUT2D eigenvalue weighted by atomic mass is 9.51. The topological polar surface area (TPSA) is 72.2 Å². The van der Waals surface area contributed by atoms with Crippen molar-refractivity contribution in [3.8, 4) is 5.75 Å². The molecule has 1 spiro atoms. The summed E-state index contributed by atoms with van der Waals surface area (Å²) >= 11 is 0. The quantitative estimate of drug-likeness (QED) is 0.350. The summed E-state index contributed by atoms with van der Waals surface area (Å²) < 4.78 is 17.6. The molecule has 7 heteroatoms. The monoisotopic (exact) mass is 544 g/mol. The van der Waals surface area contributed by atoms with Crippen LogP contribution in [0.15, 0.2) is 47.3 Å². The normalized spacial score (nSPS) is 33.5. The highest BCUT2D eigenvalue weighted by molar-refractivity contribution is 5.92. The molecule has 2 aliphatic heterocycles. The van der Waals surface area contributed by atoms with Gasteiger partial charge in [0, 0.05) is 54.6 Å². The predicted molar refractivity (Wildman–Crippen MR) is 151 cm³/mol. The molecule has 2 unspecified atom stereocenters. The van der Waals surface area contributed by atoms with Crippen LogP contribution in [0.1, 0.15) is 63.1 Å². The van der Waals surface area contributed by atoms with Gasteiger partial charge in [0.1, 0.15) is 18.0 Å². The first-order chi connectivity index (χ1) is 19.3. The lowest BCUT2D eigenvalue weighted by Crippen LogP contribution is -2.69. The molecule has 2 saturated carbocycles. The molecule has 212 valence electrons. The number of piperidine rings is 1. The number of amides is 1. The average molecular weight is 545 g/mol. The van der Waals surface area contributed by atoms with E-state index in [0.717, 1.165) is 56.5 Å². The van der Waals surface area contributed by atoms with Crippen molar-refractivity contribution < 1.29 is 23.5 Å². The molecule has 7 nitrogen and oxygen atoms in total. The summed E-state index contributed by atoms with van der Waals surface area (Å²) in [5.74, 6) is 2.21. The number of carbonyl (C=O) groups excluding carboxylic acids is 2. The lowest BCUT2D eigenvalue weighted by molar-refractivity contribution is -0.142. The van der Waals surface area contributed by atoms with E-state index in [0.29, 0.717) is 30.3 Å². The fraction of sp³-hybridized carbons (Fsp3) is 0.576. The Hall–Kier alpha value is -3.06. The number of likely N-dealkylation sites (tertiary alicyclic amines) is 1. The first-order valence-electron chi connectivity index (χ1n) is 15.1. The van der Waals surface area contributed by atoms with E-state index in [1.54, 1.807) is 18.6 Å². The van der Waals surface area contributed by atoms with Gasteiger partial charge in [-0.25, -0.2) is 0 Å². The SMILES string of the molecule is CC(=O)OC1CC1CN1CC[C@]23c4c5cccc4O[C@H]2[C@@H](N(CC(C)C)C(=O)C=Cc2ccoc2)CC[C@H]3[C@H]1C5. The van der Waals surface area contributed by atoms with Gasteiger partial charge in [0.15, 0.2) is 0 Å². The van der Waals surface area contributed by atoms with Crippen LogP contribution in [0.2, 0.25) is 0 Å². The Bertz CT molecular complexity index is 1320. The Kier molecular flexibility index (Phi) is 6.33. The minimum Gasteiger partial charge on any atom is -0.487 e. The van der Waals surface area contributed by atoms with Crippen LogP contribution >= 0.6 is 0 Å². The summed E-state index contributed by atoms with van der Waals surface area (Å²) in [6.45, 7) is 8.59. The second-order valence-corrected chi connectivity index (χ2v) is 13.1. The molecule has 3 fully saturated rings. The Morgan fingerprint density at radius 1 is 1.25 bits per heavy atom. The van der Waals surface area contributed by atoms with Crippen LogP contribution in [0, 0.1) is 17.8 Å². The molecule has 1 saturated heterocycles. The van der Waals surface area contributed by atoms with Crippen LogP contribution in [0.3, 0.4) is 0 Å². The van der Waals surface area contributed by atoms with Gasteiger partial charge in [0.25, 0.3) is 0 Å². The van der Waals surface area contributed by atoms with E-state index < -0.39 is 0 Å². The van der Waals surface area contributed by atoms with Gasteiger partial charge in [-0.3, -0.25) is 14.5 Å². The van der Waals surface area contributed by atoms with Crippen LogP contribution < -0.4 is 4.74 Å². The first kappa shape index (κ1) is 25.9. The molecule has 1 aromatic carbocycles. The number of esters is 1. The van der Waals surface area contributed by atoms with Crippen LogP contribution in [0.25, 0.3) is 6.08 Å². The Labute approximate surface area is 236 Å². The second kappa shape index (κ2) is 9.79. The van der Waals surface area contributed by atoms with Gasteiger partial charge in [-0.1, -0.05) is 26.0 Å². The molecule has 40 heavy (non-hydrogen) atoms. The highest BCUT2D eigenvalue weighted by Gasteiger charge is 2.66. The smallest absolute Gasteiger partial charge is 0.302 e. The van der Waals surface area contributed by atoms with Crippen molar-refractivity contribution in [2.75, 3.05) is 19.6 Å². The molecule has 7 rings (SSSR count). The van der Waals surface area contributed by atoms with E-state index in [2.05, 4.69) is 41.8 Å². The maximum absolute atomic E-state index is 13.8. The van der Waals surface area contributed by atoms with Crippen LogP contribution in [-0.4, -0.2) is 65.6 Å². The first-order valence-corrected chi connectivity index (χ1v) is 15.1. The number of hydrogen-bond donors (Lipinski definition) is 0. The maximum atomic E-state index is 13.8. The minimum atomic E-state index is -0.173. The van der Waals surface area contributed by atoms with E-state index in [4.69, 9.17) is 13.9 Å². The van der Waals surface area contributed by atoms with Crippen molar-refractivity contribution >= 4 is 18.0 Å². The summed E-state index contributed by atoms with van der Waals surface area (Å²) in [7, 11) is 0. The van der Waals surface area contributed by atoms with Crippen LogP contribution in [-0.2, 0) is 26.2 Å². The number of nitrogens with zero attached hydrogens (tertiary/aromatic N) is 2. The summed E-state index contributed by atoms with van der Waals surface area (Å²) in [4.78, 5) is 30.0. The van der Waals surface area contributed by atoms with Crippen molar-refractivity contribution in [1.82, 2.24) is 9.80 Å². The number of hydrogen-bond acceptors (Lipinski definition) is 6. The van der Waals surface area contributed by atoms with Gasteiger partial charge in [0.2, 0.25) is 5.91 Å². The van der Waals surface area contributed by atoms with Crippen molar-refractivity contribution in [1.29, 1.82) is 0 Å². The molecule has 5 aliphatic rings. The number of rotatable bonds is 8. The van der Waals surface area contributed by atoms with Gasteiger partial charge >= 0.3 is 5.97 Å². The highest BCUT2D eigenvalue weighted by atomic mass is 16.5. The van der Waals surface area contributed by atoms with Crippen molar-refractivity contribution in [2.45, 2.75) is 82.6 Å². The number of carbonyl (C=O) groups is 2. The third-order valence-corrected chi connectivity index (χ3v) is 10.2. The van der Waals surface area contributed by atoms with Crippen LogP contribution in [0.5, 0.6) is 5.75 Å². The minimum absolute atomic E-state index is 0.0301. The van der Waals surface area contributed by atoms with Gasteiger partial charge in [0.05, 0.1) is 18.6 Å². The zero-order valence-corrected chi connectivity index (χ0v) is 23.8. The molecule has 0 N–H and O–H groups in total. The van der Waals surface area contributed by atoms with E-state index >= 15 is 0 Å². The van der Waals surface area contributed by atoms with E-state index in [1.807, 2.05) is 12.1 Å². The highest BCUT2D eigenvalue weighted by Crippen LogP contribution is 2.63. The lowest BCUT2D eigenvalue weighted by Gasteiger charge is -2.60. The largest absolute Gasteiger partial charge is 0.487 e. The van der Waals surface area contributed by atoms with Gasteiger partial charge in [-0.05, 0) is 74.3 Å². The molecular formula is C33H40N2O5. The summed E-state index contributed by atoms with van der Waals surface area (Å²) in [6.07, 6.45) is 12.0. The molecule has 3 heterocycles. The van der Waals surface area contributed by atoms with Crippen LogP contribution in [0.4, 0.5) is 0 Å². The zero-order valence-electron chi connectivity index (χ0n) is 23.8. The fourth-order valence-corrected chi connectivity index (χ4v) is 8.60. The Morgan fingerprint density at radius 2 is 2.12 bits per heavy atom. The molecular weight excluding hydrogens is 504 g/mol. The van der Waals surface area contributed by atoms with E-state index in [9.17, 15) is 9.59 Å².